The number of hydrogen-bond acceptors (Lipinski definition) is 4. The second-order valence-corrected chi connectivity index (χ2v) is 8.25. The molecule has 0 radical (unpaired) electrons. The van der Waals surface area contributed by atoms with Gasteiger partial charge in [0.05, 0.1) is 16.0 Å². The topological polar surface area (TPSA) is 100 Å². The van der Waals surface area contributed by atoms with Crippen molar-refractivity contribution in [3.05, 3.63) is 52.8 Å². The molecule has 0 saturated carbocycles. The highest BCUT2D eigenvalue weighted by molar-refractivity contribution is 7.89. The Kier molecular flexibility index (Phi) is 5.98. The summed E-state index contributed by atoms with van der Waals surface area (Å²) in [6.45, 7) is 1.24. The van der Waals surface area contributed by atoms with Crippen molar-refractivity contribution in [2.75, 3.05) is 13.2 Å². The number of carbonyl (C=O) groups excluding carboxylic acids is 1. The van der Waals surface area contributed by atoms with Gasteiger partial charge < -0.3 is 15.0 Å². The molecule has 1 aliphatic rings. The third-order valence-electron chi connectivity index (χ3n) is 4.10. The number of nitrogens with one attached hydrogen (secondary N) is 3. The first kappa shape index (κ1) is 18.9. The van der Waals surface area contributed by atoms with Crippen LogP contribution in [0.25, 0.3) is 0 Å². The summed E-state index contributed by atoms with van der Waals surface area (Å²) in [4.78, 5) is 14.9. The Morgan fingerprint density at radius 3 is 2.69 bits per heavy atom. The third kappa shape index (κ3) is 4.85. The first-order chi connectivity index (χ1) is 12.4. The molecule has 1 atom stereocenters. The Bertz CT molecular complexity index is 858. The first-order valence-corrected chi connectivity index (χ1v) is 10.1. The number of hydrogen-bond donors (Lipinski definition) is 3. The van der Waals surface area contributed by atoms with Crippen LogP contribution in [0.4, 0.5) is 0 Å². The SMILES string of the molecule is O=C(NCc1ccc(S(=O)(=O)NCC2CCCO2)cc1)c1cc(Cl)c[nH]1. The van der Waals surface area contributed by atoms with E-state index in [0.29, 0.717) is 17.3 Å². The Morgan fingerprint density at radius 2 is 2.08 bits per heavy atom. The van der Waals surface area contributed by atoms with Crippen molar-refractivity contribution in [2.45, 2.75) is 30.4 Å². The number of aromatic amines is 1. The highest BCUT2D eigenvalue weighted by atomic mass is 35.5. The number of sulfonamides is 1. The summed E-state index contributed by atoms with van der Waals surface area (Å²) in [6.07, 6.45) is 3.30. The number of carbonyl (C=O) groups is 1. The maximum absolute atomic E-state index is 12.3. The van der Waals surface area contributed by atoms with E-state index in [2.05, 4.69) is 15.0 Å². The van der Waals surface area contributed by atoms with Crippen molar-refractivity contribution in [2.24, 2.45) is 0 Å². The standard InChI is InChI=1S/C17H20ClN3O4S/c18-13-8-16(19-10-13)17(22)20-9-12-3-5-15(6-4-12)26(23,24)21-11-14-2-1-7-25-14/h3-6,8,10,14,19,21H,1-2,7,9,11H2,(H,20,22). The molecule has 1 saturated heterocycles. The number of benzene rings is 1. The van der Waals surface area contributed by atoms with Crippen molar-refractivity contribution in [1.29, 1.82) is 0 Å². The molecule has 3 N–H and O–H groups in total. The van der Waals surface area contributed by atoms with Gasteiger partial charge in [-0.3, -0.25) is 4.79 Å². The molecule has 2 aromatic rings. The van der Waals surface area contributed by atoms with Crippen LogP contribution in [-0.2, 0) is 21.3 Å². The fourth-order valence-corrected chi connectivity index (χ4v) is 3.88. The van der Waals surface area contributed by atoms with Gasteiger partial charge in [0.15, 0.2) is 0 Å². The van der Waals surface area contributed by atoms with Gasteiger partial charge in [-0.05, 0) is 36.6 Å². The lowest BCUT2D eigenvalue weighted by atomic mass is 10.2. The van der Waals surface area contributed by atoms with Crippen molar-refractivity contribution >= 4 is 27.5 Å². The summed E-state index contributed by atoms with van der Waals surface area (Å²) in [5.74, 6) is -0.285. The number of aromatic nitrogens is 1. The van der Waals surface area contributed by atoms with E-state index < -0.39 is 10.0 Å². The van der Waals surface area contributed by atoms with E-state index in [1.165, 1.54) is 24.4 Å². The largest absolute Gasteiger partial charge is 0.377 e. The Labute approximate surface area is 157 Å². The summed E-state index contributed by atoms with van der Waals surface area (Å²) in [7, 11) is -3.57. The lowest BCUT2D eigenvalue weighted by Gasteiger charge is -2.12. The molecular weight excluding hydrogens is 378 g/mol. The summed E-state index contributed by atoms with van der Waals surface area (Å²) in [6, 6.07) is 7.91. The van der Waals surface area contributed by atoms with E-state index in [1.54, 1.807) is 12.1 Å². The highest BCUT2D eigenvalue weighted by Crippen LogP contribution is 2.14. The molecule has 3 rings (SSSR count). The zero-order chi connectivity index (χ0) is 18.6. The summed E-state index contributed by atoms with van der Waals surface area (Å²) < 4.78 is 32.6. The quantitative estimate of drug-likeness (QED) is 0.665. The maximum atomic E-state index is 12.3. The van der Waals surface area contributed by atoms with Crippen LogP contribution in [0, 0.1) is 0 Å². The van der Waals surface area contributed by atoms with E-state index in [4.69, 9.17) is 16.3 Å². The van der Waals surface area contributed by atoms with Gasteiger partial charge in [-0.1, -0.05) is 23.7 Å². The Hall–Kier alpha value is -1.87. The smallest absolute Gasteiger partial charge is 0.268 e. The molecule has 1 unspecified atom stereocenters. The average Bonchev–Trinajstić information content (AvgIpc) is 3.30. The normalized spacial score (nSPS) is 17.3. The molecular formula is C17H20ClN3O4S. The van der Waals surface area contributed by atoms with Gasteiger partial charge in [0.2, 0.25) is 10.0 Å². The molecule has 1 aliphatic heterocycles. The zero-order valence-corrected chi connectivity index (χ0v) is 15.6. The molecule has 2 heterocycles. The van der Waals surface area contributed by atoms with Crippen LogP contribution in [0.3, 0.4) is 0 Å². The Balaban J connectivity index is 1.54. The highest BCUT2D eigenvalue weighted by Gasteiger charge is 2.20. The van der Waals surface area contributed by atoms with Gasteiger partial charge in [0, 0.05) is 25.9 Å². The van der Waals surface area contributed by atoms with E-state index in [0.717, 1.165) is 18.4 Å². The minimum atomic E-state index is -3.57. The lowest BCUT2D eigenvalue weighted by molar-refractivity contribution is 0.0946. The summed E-state index contributed by atoms with van der Waals surface area (Å²) in [5, 5.41) is 3.20. The van der Waals surface area contributed by atoms with E-state index in [1.807, 2.05) is 0 Å². The van der Waals surface area contributed by atoms with Gasteiger partial charge in [-0.2, -0.15) is 0 Å². The van der Waals surface area contributed by atoms with Crippen molar-refractivity contribution in [1.82, 2.24) is 15.0 Å². The van der Waals surface area contributed by atoms with Gasteiger partial charge in [0.25, 0.3) is 5.91 Å². The molecule has 26 heavy (non-hydrogen) atoms. The minimum Gasteiger partial charge on any atom is -0.377 e. The fraction of sp³-hybridized carbons (Fsp3) is 0.353. The van der Waals surface area contributed by atoms with Gasteiger partial charge in [-0.25, -0.2) is 13.1 Å². The average molecular weight is 398 g/mol. The molecule has 9 heteroatoms. The molecule has 7 nitrogen and oxygen atoms in total. The number of H-pyrrole nitrogens is 1. The maximum Gasteiger partial charge on any atom is 0.268 e. The molecule has 1 fully saturated rings. The second-order valence-electron chi connectivity index (χ2n) is 6.05. The monoisotopic (exact) mass is 397 g/mol. The van der Waals surface area contributed by atoms with Crippen LogP contribution in [0.5, 0.6) is 0 Å². The molecule has 0 spiro atoms. The number of ether oxygens (including phenoxy) is 1. The molecule has 0 bridgehead atoms. The molecule has 1 amide bonds. The van der Waals surface area contributed by atoms with Crippen LogP contribution < -0.4 is 10.0 Å². The van der Waals surface area contributed by atoms with Crippen LogP contribution in [0.15, 0.2) is 41.4 Å². The Morgan fingerprint density at radius 1 is 1.31 bits per heavy atom. The van der Waals surface area contributed by atoms with Crippen LogP contribution in [-0.4, -0.2) is 38.6 Å². The van der Waals surface area contributed by atoms with Crippen molar-refractivity contribution in [3.63, 3.8) is 0 Å². The van der Waals surface area contributed by atoms with Gasteiger partial charge in [-0.15, -0.1) is 0 Å². The van der Waals surface area contributed by atoms with Crippen molar-refractivity contribution < 1.29 is 17.9 Å². The minimum absolute atomic E-state index is 0.0549. The van der Waals surface area contributed by atoms with E-state index in [9.17, 15) is 13.2 Å². The van der Waals surface area contributed by atoms with Crippen molar-refractivity contribution in [3.8, 4) is 0 Å². The van der Waals surface area contributed by atoms with Crippen LogP contribution in [0.2, 0.25) is 5.02 Å². The number of amides is 1. The second kappa shape index (κ2) is 8.22. The predicted molar refractivity (Wildman–Crippen MR) is 97.6 cm³/mol. The van der Waals surface area contributed by atoms with E-state index >= 15 is 0 Å². The predicted octanol–water partition coefficient (Wildman–Crippen LogP) is 2.06. The van der Waals surface area contributed by atoms with Crippen LogP contribution in [0.1, 0.15) is 28.9 Å². The molecule has 140 valence electrons. The zero-order valence-electron chi connectivity index (χ0n) is 14.0. The third-order valence-corrected chi connectivity index (χ3v) is 5.76. The number of halogens is 1. The summed E-state index contributed by atoms with van der Waals surface area (Å²) >= 11 is 5.77. The molecule has 1 aromatic carbocycles. The number of rotatable bonds is 7. The summed E-state index contributed by atoms with van der Waals surface area (Å²) in [5.41, 5.74) is 1.15. The molecule has 1 aromatic heterocycles. The fourth-order valence-electron chi connectivity index (χ4n) is 2.65. The van der Waals surface area contributed by atoms with Gasteiger partial charge >= 0.3 is 0 Å². The lowest BCUT2D eigenvalue weighted by Crippen LogP contribution is -2.31. The first-order valence-electron chi connectivity index (χ1n) is 8.26. The van der Waals surface area contributed by atoms with Crippen LogP contribution >= 0.6 is 11.6 Å². The van der Waals surface area contributed by atoms with Gasteiger partial charge in [0.1, 0.15) is 5.69 Å². The molecule has 0 aliphatic carbocycles. The van der Waals surface area contributed by atoms with E-state index in [-0.39, 0.29) is 30.0 Å².